The maximum absolute atomic E-state index is 10.3. The second-order valence-electron chi connectivity index (χ2n) is 1.93. The van der Waals surface area contributed by atoms with Gasteiger partial charge in [-0.25, -0.2) is 0 Å². The van der Waals surface area contributed by atoms with Crippen molar-refractivity contribution < 1.29 is 4.92 Å². The smallest absolute Gasteiger partial charge is 0.306 e. The van der Waals surface area contributed by atoms with Gasteiger partial charge in [0.15, 0.2) is 0 Å². The molecule has 1 aromatic rings. The van der Waals surface area contributed by atoms with Crippen molar-refractivity contribution in [3.63, 3.8) is 0 Å². The average Bonchev–Trinajstić information content (AvgIpc) is 1.85. The summed E-state index contributed by atoms with van der Waals surface area (Å²) in [5.41, 5.74) is 5.44. The van der Waals surface area contributed by atoms with Crippen molar-refractivity contribution in [3.8, 4) is 0 Å². The fourth-order valence-corrected chi connectivity index (χ4v) is 1.25. The van der Waals surface area contributed by atoms with Gasteiger partial charge in [0.1, 0.15) is 5.69 Å². The second kappa shape index (κ2) is 2.87. The molecular weight excluding hydrogens is 212 g/mol. The van der Waals surface area contributed by atoms with Gasteiger partial charge in [-0.15, -0.1) is 0 Å². The van der Waals surface area contributed by atoms with Crippen LogP contribution < -0.4 is 5.73 Å². The van der Waals surface area contributed by atoms with Crippen molar-refractivity contribution in [2.24, 2.45) is 0 Å². The summed E-state index contributed by atoms with van der Waals surface area (Å²) in [5, 5.41) is 10.3. The Morgan fingerprint density at radius 1 is 1.55 bits per heavy atom. The highest BCUT2D eigenvalue weighted by Gasteiger charge is 2.14. The number of nitro benzene ring substituents is 1. The lowest BCUT2D eigenvalue weighted by atomic mass is 10.3. The number of halogens is 1. The molecule has 0 radical (unpaired) electrons. The Labute approximate surface area is 71.3 Å². The van der Waals surface area contributed by atoms with Crippen molar-refractivity contribution in [3.05, 3.63) is 32.8 Å². The molecule has 0 amide bonds. The third-order valence-corrected chi connectivity index (χ3v) is 1.84. The molecule has 0 saturated carbocycles. The second-order valence-corrected chi connectivity index (χ2v) is 2.79. The van der Waals surface area contributed by atoms with Crippen LogP contribution >= 0.6 is 15.9 Å². The number of nitrogen functional groups attached to an aromatic ring is 1. The summed E-state index contributed by atoms with van der Waals surface area (Å²) in [6, 6.07) is 4.71. The first kappa shape index (κ1) is 8.00. The molecule has 0 aromatic heterocycles. The van der Waals surface area contributed by atoms with E-state index in [0.717, 1.165) is 0 Å². The fourth-order valence-electron chi connectivity index (χ4n) is 0.725. The number of nitro groups is 1. The lowest BCUT2D eigenvalue weighted by Crippen LogP contribution is -1.95. The van der Waals surface area contributed by atoms with Gasteiger partial charge in [-0.1, -0.05) is 6.07 Å². The SMILES string of the molecule is Nc1cccc(Br)c1[N+](=O)[O-]. The third-order valence-electron chi connectivity index (χ3n) is 1.20. The molecule has 0 atom stereocenters. The number of hydrogen-bond donors (Lipinski definition) is 1. The first-order chi connectivity index (χ1) is 5.13. The molecule has 0 saturated heterocycles. The van der Waals surface area contributed by atoms with Crippen LogP contribution in [0.2, 0.25) is 0 Å². The van der Waals surface area contributed by atoms with E-state index < -0.39 is 4.92 Å². The molecule has 0 heterocycles. The van der Waals surface area contributed by atoms with Gasteiger partial charge in [0.2, 0.25) is 0 Å². The Bertz CT molecular complexity index is 280. The summed E-state index contributed by atoms with van der Waals surface area (Å²) < 4.78 is 0.405. The monoisotopic (exact) mass is 216 g/mol. The Balaban J connectivity index is 3.32. The van der Waals surface area contributed by atoms with Crippen molar-refractivity contribution in [2.45, 2.75) is 0 Å². The van der Waals surface area contributed by atoms with Crippen molar-refractivity contribution >= 4 is 27.3 Å². The predicted molar refractivity (Wildman–Crippen MR) is 45.2 cm³/mol. The zero-order chi connectivity index (χ0) is 8.43. The topological polar surface area (TPSA) is 69.2 Å². The highest BCUT2D eigenvalue weighted by molar-refractivity contribution is 9.10. The molecule has 1 rings (SSSR count). The van der Waals surface area contributed by atoms with Crippen LogP contribution in [0, 0.1) is 10.1 Å². The number of benzene rings is 1. The zero-order valence-electron chi connectivity index (χ0n) is 5.45. The van der Waals surface area contributed by atoms with Gasteiger partial charge in [0.05, 0.1) is 9.40 Å². The lowest BCUT2D eigenvalue weighted by molar-refractivity contribution is -0.384. The number of rotatable bonds is 1. The van der Waals surface area contributed by atoms with Gasteiger partial charge in [-0.3, -0.25) is 10.1 Å². The summed E-state index contributed by atoms with van der Waals surface area (Å²) >= 11 is 3.03. The molecule has 0 aliphatic carbocycles. The molecule has 2 N–H and O–H groups in total. The first-order valence-electron chi connectivity index (χ1n) is 2.81. The fraction of sp³-hybridized carbons (Fsp3) is 0. The van der Waals surface area contributed by atoms with Crippen molar-refractivity contribution in [2.75, 3.05) is 5.73 Å². The summed E-state index contributed by atoms with van der Waals surface area (Å²) in [6.07, 6.45) is 0. The van der Waals surface area contributed by atoms with Gasteiger partial charge in [-0.05, 0) is 28.1 Å². The van der Waals surface area contributed by atoms with Gasteiger partial charge in [-0.2, -0.15) is 0 Å². The van der Waals surface area contributed by atoms with E-state index >= 15 is 0 Å². The maximum Gasteiger partial charge on any atom is 0.306 e. The number of para-hydroxylation sites is 1. The van der Waals surface area contributed by atoms with E-state index in [4.69, 9.17) is 5.73 Å². The normalized spacial score (nSPS) is 9.55. The van der Waals surface area contributed by atoms with Crippen LogP contribution in [0.15, 0.2) is 22.7 Å². The molecular formula is C6H5BrN2O2. The van der Waals surface area contributed by atoms with Crippen LogP contribution in [0.4, 0.5) is 11.4 Å². The number of nitrogens with two attached hydrogens (primary N) is 1. The zero-order valence-corrected chi connectivity index (χ0v) is 7.04. The maximum atomic E-state index is 10.3. The van der Waals surface area contributed by atoms with Crippen LogP contribution in [-0.4, -0.2) is 4.92 Å². The lowest BCUT2D eigenvalue weighted by Gasteiger charge is -1.96. The highest BCUT2D eigenvalue weighted by Crippen LogP contribution is 2.29. The van der Waals surface area contributed by atoms with E-state index in [1.807, 2.05) is 0 Å². The van der Waals surface area contributed by atoms with E-state index in [0.29, 0.717) is 4.47 Å². The van der Waals surface area contributed by atoms with E-state index in [-0.39, 0.29) is 11.4 Å². The summed E-state index contributed by atoms with van der Waals surface area (Å²) in [4.78, 5) is 9.82. The van der Waals surface area contributed by atoms with E-state index in [2.05, 4.69) is 15.9 Å². The Morgan fingerprint density at radius 2 is 2.18 bits per heavy atom. The Hall–Kier alpha value is -1.10. The van der Waals surface area contributed by atoms with Crippen LogP contribution in [0.3, 0.4) is 0 Å². The van der Waals surface area contributed by atoms with Crippen LogP contribution in [0.1, 0.15) is 0 Å². The van der Waals surface area contributed by atoms with Crippen molar-refractivity contribution in [1.82, 2.24) is 0 Å². The average molecular weight is 217 g/mol. The minimum Gasteiger partial charge on any atom is -0.393 e. The number of anilines is 1. The molecule has 0 spiro atoms. The molecule has 0 bridgehead atoms. The van der Waals surface area contributed by atoms with Crippen LogP contribution in [0.25, 0.3) is 0 Å². The molecule has 11 heavy (non-hydrogen) atoms. The first-order valence-corrected chi connectivity index (χ1v) is 3.60. The molecule has 4 nitrogen and oxygen atoms in total. The molecule has 0 fully saturated rings. The van der Waals surface area contributed by atoms with Gasteiger partial charge < -0.3 is 5.73 Å². The molecule has 1 aromatic carbocycles. The molecule has 0 unspecified atom stereocenters. The number of nitrogens with zero attached hydrogens (tertiary/aromatic N) is 1. The van der Waals surface area contributed by atoms with Gasteiger partial charge in [0, 0.05) is 0 Å². The van der Waals surface area contributed by atoms with E-state index in [1.54, 1.807) is 12.1 Å². The van der Waals surface area contributed by atoms with E-state index in [9.17, 15) is 10.1 Å². The third kappa shape index (κ3) is 1.48. The number of hydrogen-bond acceptors (Lipinski definition) is 3. The van der Waals surface area contributed by atoms with Crippen LogP contribution in [-0.2, 0) is 0 Å². The minimum atomic E-state index is -0.514. The van der Waals surface area contributed by atoms with Gasteiger partial charge >= 0.3 is 5.69 Å². The highest BCUT2D eigenvalue weighted by atomic mass is 79.9. The Morgan fingerprint density at radius 3 is 2.55 bits per heavy atom. The minimum absolute atomic E-state index is 0.0764. The standard InChI is InChI=1S/C6H5BrN2O2/c7-4-2-1-3-5(8)6(4)9(10)11/h1-3H,8H2. The molecule has 0 aliphatic rings. The summed E-state index contributed by atoms with van der Waals surface area (Å²) in [5.74, 6) is 0. The van der Waals surface area contributed by atoms with Crippen molar-refractivity contribution in [1.29, 1.82) is 0 Å². The van der Waals surface area contributed by atoms with Gasteiger partial charge in [0.25, 0.3) is 0 Å². The predicted octanol–water partition coefficient (Wildman–Crippen LogP) is 1.94. The summed E-state index contributed by atoms with van der Waals surface area (Å²) in [7, 11) is 0. The Kier molecular flexibility index (Phi) is 2.09. The molecule has 58 valence electrons. The van der Waals surface area contributed by atoms with E-state index in [1.165, 1.54) is 6.07 Å². The summed E-state index contributed by atoms with van der Waals surface area (Å²) in [6.45, 7) is 0. The quantitative estimate of drug-likeness (QED) is 0.444. The largest absolute Gasteiger partial charge is 0.393 e. The molecule has 5 heteroatoms. The molecule has 0 aliphatic heterocycles. The van der Waals surface area contributed by atoms with Crippen LogP contribution in [0.5, 0.6) is 0 Å².